The summed E-state index contributed by atoms with van der Waals surface area (Å²) in [5, 5.41) is 7.00. The average molecular weight is 181 g/mol. The molecule has 1 fully saturated rings. The average Bonchev–Trinajstić information content (AvgIpc) is 2.67. The minimum atomic E-state index is 0.0578. The van der Waals surface area contributed by atoms with Gasteiger partial charge in [0.2, 0.25) is 6.29 Å². The predicted octanol–water partition coefficient (Wildman–Crippen LogP) is 0.697. The van der Waals surface area contributed by atoms with E-state index in [0.717, 1.165) is 13.0 Å². The molecular weight excluding hydrogens is 170 g/mol. The summed E-state index contributed by atoms with van der Waals surface area (Å²) >= 11 is 0. The number of rotatable bonds is 2. The summed E-state index contributed by atoms with van der Waals surface area (Å²) in [4.78, 5) is 14.2. The van der Waals surface area contributed by atoms with E-state index in [4.69, 9.17) is 4.52 Å². The number of nitrogens with zero attached hydrogens (tertiary/aromatic N) is 2. The molecule has 1 unspecified atom stereocenters. The fourth-order valence-corrected chi connectivity index (χ4v) is 1.51. The van der Waals surface area contributed by atoms with Gasteiger partial charge in [0.25, 0.3) is 5.89 Å². The molecule has 0 saturated carbocycles. The van der Waals surface area contributed by atoms with Gasteiger partial charge in [-0.1, -0.05) is 11.6 Å². The molecule has 5 heteroatoms. The van der Waals surface area contributed by atoms with Gasteiger partial charge in [-0.2, -0.15) is 4.98 Å². The van der Waals surface area contributed by atoms with Crippen molar-refractivity contribution in [1.29, 1.82) is 0 Å². The van der Waals surface area contributed by atoms with Crippen LogP contribution in [-0.2, 0) is 0 Å². The Kier molecular flexibility index (Phi) is 2.35. The Morgan fingerprint density at radius 2 is 2.46 bits per heavy atom. The van der Waals surface area contributed by atoms with Gasteiger partial charge in [0.15, 0.2) is 5.82 Å². The van der Waals surface area contributed by atoms with E-state index in [9.17, 15) is 4.79 Å². The Hall–Kier alpha value is -1.23. The van der Waals surface area contributed by atoms with Crippen LogP contribution in [0, 0.1) is 0 Å². The van der Waals surface area contributed by atoms with Crippen LogP contribution in [0.25, 0.3) is 0 Å². The van der Waals surface area contributed by atoms with Crippen LogP contribution < -0.4 is 5.32 Å². The van der Waals surface area contributed by atoms with Crippen molar-refractivity contribution < 1.29 is 9.32 Å². The summed E-state index contributed by atoms with van der Waals surface area (Å²) in [5.41, 5.74) is 0. The molecule has 1 aromatic rings. The maximum atomic E-state index is 10.3. The summed E-state index contributed by atoms with van der Waals surface area (Å²) in [7, 11) is 0. The third-order valence-electron chi connectivity index (χ3n) is 2.18. The van der Waals surface area contributed by atoms with Crippen LogP contribution in [0.3, 0.4) is 0 Å². The first-order valence-corrected chi connectivity index (χ1v) is 4.42. The first kappa shape index (κ1) is 8.37. The molecule has 1 aliphatic rings. The van der Waals surface area contributed by atoms with E-state index >= 15 is 0 Å². The van der Waals surface area contributed by atoms with Crippen LogP contribution in [-0.4, -0.2) is 23.0 Å². The third-order valence-corrected chi connectivity index (χ3v) is 2.18. The van der Waals surface area contributed by atoms with Gasteiger partial charge >= 0.3 is 0 Å². The molecule has 1 aliphatic heterocycles. The van der Waals surface area contributed by atoms with Crippen LogP contribution >= 0.6 is 0 Å². The topological polar surface area (TPSA) is 68.0 Å². The van der Waals surface area contributed by atoms with E-state index in [-0.39, 0.29) is 11.9 Å². The zero-order valence-corrected chi connectivity index (χ0v) is 7.19. The highest BCUT2D eigenvalue weighted by molar-refractivity contribution is 5.66. The van der Waals surface area contributed by atoms with Crippen molar-refractivity contribution in [3.05, 3.63) is 11.7 Å². The smallest absolute Gasteiger partial charge is 0.290 e. The normalized spacial score (nSPS) is 22.9. The lowest BCUT2D eigenvalue weighted by Gasteiger charge is -2.19. The summed E-state index contributed by atoms with van der Waals surface area (Å²) in [6, 6.07) is 0.159. The van der Waals surface area contributed by atoms with Gasteiger partial charge in [0.05, 0.1) is 6.04 Å². The van der Waals surface area contributed by atoms with Crippen molar-refractivity contribution in [2.75, 3.05) is 6.54 Å². The summed E-state index contributed by atoms with van der Waals surface area (Å²) in [6.45, 7) is 0.982. The highest BCUT2D eigenvalue weighted by Crippen LogP contribution is 2.19. The molecule has 0 aromatic carbocycles. The van der Waals surface area contributed by atoms with Crippen molar-refractivity contribution in [2.24, 2.45) is 0 Å². The van der Waals surface area contributed by atoms with E-state index in [1.165, 1.54) is 12.8 Å². The van der Waals surface area contributed by atoms with Crippen LogP contribution in [0.1, 0.15) is 41.8 Å². The Morgan fingerprint density at radius 1 is 1.54 bits per heavy atom. The molecule has 1 atom stereocenters. The molecule has 0 aliphatic carbocycles. The maximum Gasteiger partial charge on any atom is 0.290 e. The minimum Gasteiger partial charge on any atom is -0.331 e. The molecule has 70 valence electrons. The Morgan fingerprint density at radius 3 is 3.08 bits per heavy atom. The van der Waals surface area contributed by atoms with Gasteiger partial charge in [-0.3, -0.25) is 4.79 Å². The van der Waals surface area contributed by atoms with Crippen LogP contribution in [0.4, 0.5) is 0 Å². The summed E-state index contributed by atoms with van der Waals surface area (Å²) in [6.07, 6.45) is 3.94. The summed E-state index contributed by atoms with van der Waals surface area (Å²) in [5.74, 6) is 0.657. The SMILES string of the molecule is O=Cc1nc(C2CCCCN2)no1. The van der Waals surface area contributed by atoms with E-state index in [1.807, 2.05) is 0 Å². The molecule has 1 saturated heterocycles. The standard InChI is InChI=1S/C8H11N3O2/c12-5-7-10-8(11-13-7)6-3-1-2-4-9-6/h5-6,9H,1-4H2. The number of nitrogens with one attached hydrogen (secondary N) is 1. The zero-order valence-electron chi connectivity index (χ0n) is 7.19. The van der Waals surface area contributed by atoms with Gasteiger partial charge in [-0.25, -0.2) is 0 Å². The number of piperidine rings is 1. The van der Waals surface area contributed by atoms with Crippen LogP contribution in [0.15, 0.2) is 4.52 Å². The molecule has 0 bridgehead atoms. The van der Waals surface area contributed by atoms with Crippen molar-refractivity contribution in [3.63, 3.8) is 0 Å². The lowest BCUT2D eigenvalue weighted by Crippen LogP contribution is -2.27. The van der Waals surface area contributed by atoms with Crippen molar-refractivity contribution in [1.82, 2.24) is 15.5 Å². The number of carbonyl (C=O) groups excluding carboxylic acids is 1. The van der Waals surface area contributed by atoms with E-state index in [0.29, 0.717) is 12.1 Å². The Bertz CT molecular complexity index is 291. The van der Waals surface area contributed by atoms with Crippen molar-refractivity contribution in [2.45, 2.75) is 25.3 Å². The molecule has 5 nitrogen and oxygen atoms in total. The van der Waals surface area contributed by atoms with Gasteiger partial charge in [-0.05, 0) is 19.4 Å². The third kappa shape index (κ3) is 1.75. The lowest BCUT2D eigenvalue weighted by atomic mass is 10.0. The zero-order chi connectivity index (χ0) is 9.10. The quantitative estimate of drug-likeness (QED) is 0.680. The number of aromatic nitrogens is 2. The van der Waals surface area contributed by atoms with E-state index in [1.54, 1.807) is 0 Å². The van der Waals surface area contributed by atoms with Crippen molar-refractivity contribution in [3.8, 4) is 0 Å². The van der Waals surface area contributed by atoms with Gasteiger partial charge in [-0.15, -0.1) is 0 Å². The second kappa shape index (κ2) is 3.66. The first-order valence-electron chi connectivity index (χ1n) is 4.42. The molecule has 2 heterocycles. The van der Waals surface area contributed by atoms with E-state index < -0.39 is 0 Å². The van der Waals surface area contributed by atoms with E-state index in [2.05, 4.69) is 15.5 Å². The van der Waals surface area contributed by atoms with Crippen LogP contribution in [0.5, 0.6) is 0 Å². The fourth-order valence-electron chi connectivity index (χ4n) is 1.51. The molecule has 1 aromatic heterocycles. The Balaban J connectivity index is 2.09. The van der Waals surface area contributed by atoms with Crippen LogP contribution in [0.2, 0.25) is 0 Å². The number of aldehydes is 1. The number of hydrogen-bond acceptors (Lipinski definition) is 5. The minimum absolute atomic E-state index is 0.0578. The van der Waals surface area contributed by atoms with Crippen molar-refractivity contribution >= 4 is 6.29 Å². The predicted molar refractivity (Wildman–Crippen MR) is 44.3 cm³/mol. The first-order chi connectivity index (χ1) is 6.40. The highest BCUT2D eigenvalue weighted by Gasteiger charge is 2.19. The largest absolute Gasteiger partial charge is 0.331 e. The highest BCUT2D eigenvalue weighted by atomic mass is 16.5. The molecule has 0 spiro atoms. The van der Waals surface area contributed by atoms with Gasteiger partial charge in [0.1, 0.15) is 0 Å². The molecule has 0 amide bonds. The second-order valence-corrected chi connectivity index (χ2v) is 3.11. The monoisotopic (exact) mass is 181 g/mol. The molecule has 0 radical (unpaired) electrons. The number of carbonyl (C=O) groups is 1. The van der Waals surface area contributed by atoms with Gasteiger partial charge in [0, 0.05) is 0 Å². The Labute approximate surface area is 75.5 Å². The molecule has 2 rings (SSSR count). The molecule has 1 N–H and O–H groups in total. The lowest BCUT2D eigenvalue weighted by molar-refractivity contribution is 0.108. The second-order valence-electron chi connectivity index (χ2n) is 3.11. The molecular formula is C8H11N3O2. The number of hydrogen-bond donors (Lipinski definition) is 1. The fraction of sp³-hybridized carbons (Fsp3) is 0.625. The maximum absolute atomic E-state index is 10.3. The molecule has 13 heavy (non-hydrogen) atoms. The van der Waals surface area contributed by atoms with Gasteiger partial charge < -0.3 is 9.84 Å². The summed E-state index contributed by atoms with van der Waals surface area (Å²) < 4.78 is 4.70.